The summed E-state index contributed by atoms with van der Waals surface area (Å²) in [7, 11) is -0.611. The highest BCUT2D eigenvalue weighted by molar-refractivity contribution is 7.83. The monoisotopic (exact) mass is 372 g/mol. The molecule has 0 amide bonds. The van der Waals surface area contributed by atoms with Crippen molar-refractivity contribution < 1.29 is 18.5 Å². The Bertz CT molecular complexity index is 224. The van der Waals surface area contributed by atoms with Crippen LogP contribution in [0.15, 0.2) is 0 Å². The van der Waals surface area contributed by atoms with Gasteiger partial charge in [0.1, 0.15) is 0 Å². The molecule has 98 valence electrons. The van der Waals surface area contributed by atoms with E-state index < -0.39 is 24.9 Å². The lowest BCUT2D eigenvalue weighted by atomic mass is 11.3. The lowest BCUT2D eigenvalue weighted by molar-refractivity contribution is 0.0508. The van der Waals surface area contributed by atoms with Crippen molar-refractivity contribution >= 4 is 86.6 Å². The Morgan fingerprint density at radius 1 is 0.938 bits per heavy atom. The van der Waals surface area contributed by atoms with Gasteiger partial charge < -0.3 is 9.47 Å². The predicted molar refractivity (Wildman–Crippen MR) is 68.1 cm³/mol. The van der Waals surface area contributed by atoms with Crippen molar-refractivity contribution in [1.29, 1.82) is 0 Å². The summed E-state index contributed by atoms with van der Waals surface area (Å²) in [4.78, 5) is 10.5. The van der Waals surface area contributed by atoms with Gasteiger partial charge in [-0.25, -0.2) is 4.79 Å². The van der Waals surface area contributed by atoms with E-state index in [0.29, 0.717) is 0 Å². The minimum Gasteiger partial charge on any atom is -0.382 e. The maximum absolute atomic E-state index is 10.5. The molecule has 0 radical (unpaired) electrons. The summed E-state index contributed by atoms with van der Waals surface area (Å²) in [6.45, 7) is 0. The standard InChI is InChI=1S/C3Cl6O3.C2H6OS/c4-2(5,6)11-1(10)12-3(7,8)9;1-4(2)3/h;1-2H3. The lowest BCUT2D eigenvalue weighted by Gasteiger charge is -2.15. The fourth-order valence-electron chi connectivity index (χ4n) is 0.210. The van der Waals surface area contributed by atoms with Gasteiger partial charge in [0, 0.05) is 23.3 Å². The number of carbonyl (C=O) groups is 1. The molecule has 0 aliphatic rings. The number of ether oxygens (including phenoxy) is 2. The third-order valence-electron chi connectivity index (χ3n) is 0.398. The van der Waals surface area contributed by atoms with Crippen molar-refractivity contribution in [3.63, 3.8) is 0 Å². The quantitative estimate of drug-likeness (QED) is 0.478. The molecule has 0 saturated carbocycles. The fourth-order valence-corrected chi connectivity index (χ4v) is 0.588. The van der Waals surface area contributed by atoms with Crippen LogP contribution in [0.2, 0.25) is 0 Å². The maximum atomic E-state index is 10.5. The van der Waals surface area contributed by atoms with Crippen LogP contribution >= 0.6 is 69.6 Å². The normalized spacial score (nSPS) is 11.6. The highest BCUT2D eigenvalue weighted by Gasteiger charge is 2.32. The molecule has 0 atom stereocenters. The molecule has 0 heterocycles. The highest BCUT2D eigenvalue weighted by Crippen LogP contribution is 2.32. The molecular formula is C5H6Cl6O4S. The lowest BCUT2D eigenvalue weighted by Crippen LogP contribution is -2.22. The average Bonchev–Trinajstić information content (AvgIpc) is 1.72. The van der Waals surface area contributed by atoms with Crippen molar-refractivity contribution in [1.82, 2.24) is 0 Å². The summed E-state index contributed by atoms with van der Waals surface area (Å²) in [6.07, 6.45) is 1.87. The zero-order valence-electron chi connectivity index (χ0n) is 7.81. The van der Waals surface area contributed by atoms with Crippen molar-refractivity contribution in [2.75, 3.05) is 12.5 Å². The van der Waals surface area contributed by atoms with Crippen molar-refractivity contribution in [2.24, 2.45) is 0 Å². The molecule has 4 nitrogen and oxygen atoms in total. The Balaban J connectivity index is 0. The van der Waals surface area contributed by atoms with Gasteiger partial charge in [-0.15, -0.1) is 0 Å². The van der Waals surface area contributed by atoms with Crippen LogP contribution in [0, 0.1) is 0 Å². The number of carbonyl (C=O) groups excluding carboxylic acids is 1. The van der Waals surface area contributed by atoms with Crippen LogP contribution in [0.5, 0.6) is 0 Å². The van der Waals surface area contributed by atoms with Crippen LogP contribution in [-0.2, 0) is 20.3 Å². The number of halogens is 6. The van der Waals surface area contributed by atoms with Gasteiger partial charge in [0.15, 0.2) is 0 Å². The highest BCUT2D eigenvalue weighted by atomic mass is 35.6. The van der Waals surface area contributed by atoms with Gasteiger partial charge in [-0.1, -0.05) is 0 Å². The smallest absolute Gasteiger partial charge is 0.382 e. The van der Waals surface area contributed by atoms with Gasteiger partial charge in [0.25, 0.3) is 0 Å². The van der Waals surface area contributed by atoms with Gasteiger partial charge in [-0.3, -0.25) is 4.21 Å². The van der Waals surface area contributed by atoms with Gasteiger partial charge >= 0.3 is 14.1 Å². The first-order valence-corrected chi connectivity index (χ1v) is 7.37. The molecule has 0 rings (SSSR count). The van der Waals surface area contributed by atoms with Crippen molar-refractivity contribution in [3.8, 4) is 0 Å². The molecular weight excluding hydrogens is 369 g/mol. The molecule has 0 bridgehead atoms. The van der Waals surface area contributed by atoms with E-state index in [1.807, 2.05) is 0 Å². The first-order chi connectivity index (χ1) is 6.83. The summed E-state index contributed by atoms with van der Waals surface area (Å²) < 4.78 is 13.1. The summed E-state index contributed by atoms with van der Waals surface area (Å²) in [5, 5.41) is 0. The van der Waals surface area contributed by atoms with Gasteiger partial charge in [0.05, 0.1) is 0 Å². The Morgan fingerprint density at radius 2 is 1.12 bits per heavy atom. The van der Waals surface area contributed by atoms with E-state index in [0.717, 1.165) is 0 Å². The van der Waals surface area contributed by atoms with E-state index in [-0.39, 0.29) is 0 Å². The molecule has 0 aromatic rings. The molecule has 0 unspecified atom stereocenters. The summed E-state index contributed by atoms with van der Waals surface area (Å²) in [5.41, 5.74) is 0. The summed E-state index contributed by atoms with van der Waals surface area (Å²) in [5.74, 6) is 0. The third-order valence-corrected chi connectivity index (χ3v) is 0.861. The van der Waals surface area contributed by atoms with Crippen molar-refractivity contribution in [3.05, 3.63) is 0 Å². The Hall–Kier alpha value is 1.16. The fraction of sp³-hybridized carbons (Fsp3) is 0.800. The van der Waals surface area contributed by atoms with E-state index in [1.54, 1.807) is 12.5 Å². The molecule has 11 heteroatoms. The number of hydrogen-bond acceptors (Lipinski definition) is 4. The van der Waals surface area contributed by atoms with Crippen LogP contribution in [0.4, 0.5) is 4.79 Å². The maximum Gasteiger partial charge on any atom is 0.515 e. The largest absolute Gasteiger partial charge is 0.515 e. The number of hydrogen-bond donors (Lipinski definition) is 0. The number of rotatable bonds is 0. The van der Waals surface area contributed by atoms with Crippen LogP contribution in [-0.4, -0.2) is 30.8 Å². The second kappa shape index (κ2) is 8.29. The van der Waals surface area contributed by atoms with Gasteiger partial charge in [0.2, 0.25) is 0 Å². The average molecular weight is 375 g/mol. The number of alkyl halides is 6. The molecule has 0 fully saturated rings. The van der Waals surface area contributed by atoms with Crippen LogP contribution in [0.25, 0.3) is 0 Å². The Morgan fingerprint density at radius 3 is 1.25 bits per heavy atom. The molecule has 0 aliphatic heterocycles. The second-order valence-electron chi connectivity index (χ2n) is 2.09. The molecule has 0 saturated heterocycles. The van der Waals surface area contributed by atoms with E-state index in [1.165, 1.54) is 0 Å². The Labute approximate surface area is 125 Å². The minimum atomic E-state index is -2.24. The second-order valence-corrected chi connectivity index (χ2v) is 7.92. The summed E-state index contributed by atoms with van der Waals surface area (Å²) in [6, 6.07) is 0. The zero-order chi connectivity index (χ0) is 13.6. The molecule has 0 spiro atoms. The molecule has 0 N–H and O–H groups in total. The first-order valence-electron chi connectivity index (χ1n) is 3.14. The molecule has 0 aliphatic carbocycles. The predicted octanol–water partition coefficient (Wildman–Crippen LogP) is 3.79. The topological polar surface area (TPSA) is 52.6 Å². The summed E-state index contributed by atoms with van der Waals surface area (Å²) >= 11 is 30.2. The van der Waals surface area contributed by atoms with E-state index in [2.05, 4.69) is 9.47 Å². The Kier molecular flexibility index (Phi) is 10.1. The van der Waals surface area contributed by atoms with Crippen LogP contribution < -0.4 is 0 Å². The third kappa shape index (κ3) is 24.4. The van der Waals surface area contributed by atoms with Crippen molar-refractivity contribution in [2.45, 2.75) is 7.96 Å². The van der Waals surface area contributed by atoms with Gasteiger partial charge in [-0.05, 0) is 69.6 Å². The van der Waals surface area contributed by atoms with Crippen LogP contribution in [0.3, 0.4) is 0 Å². The zero-order valence-corrected chi connectivity index (χ0v) is 13.2. The first kappa shape index (κ1) is 19.5. The van der Waals surface area contributed by atoms with E-state index in [9.17, 15) is 9.00 Å². The SMILES string of the molecule is CS(C)=O.O=C(OC(Cl)(Cl)Cl)OC(Cl)(Cl)Cl. The van der Waals surface area contributed by atoms with E-state index in [4.69, 9.17) is 69.6 Å². The van der Waals surface area contributed by atoms with Crippen LogP contribution in [0.1, 0.15) is 0 Å². The molecule has 16 heavy (non-hydrogen) atoms. The molecule has 0 aromatic heterocycles. The van der Waals surface area contributed by atoms with E-state index >= 15 is 0 Å². The van der Waals surface area contributed by atoms with Gasteiger partial charge in [-0.2, -0.15) is 0 Å². The minimum absolute atomic E-state index is 0.611. The molecule has 0 aromatic carbocycles.